The van der Waals surface area contributed by atoms with Crippen molar-refractivity contribution < 1.29 is 8.42 Å². The Balaban J connectivity index is 2.14. The van der Waals surface area contributed by atoms with Gasteiger partial charge in [0.1, 0.15) is 0 Å². The molecule has 0 saturated carbocycles. The number of hydrogen-bond donors (Lipinski definition) is 0. The van der Waals surface area contributed by atoms with Gasteiger partial charge in [0.2, 0.25) is 10.0 Å². The van der Waals surface area contributed by atoms with Gasteiger partial charge in [-0.2, -0.15) is 4.31 Å². The minimum atomic E-state index is -3.36. The van der Waals surface area contributed by atoms with E-state index in [2.05, 4.69) is 18.2 Å². The molecule has 1 aliphatic heterocycles. The first-order chi connectivity index (χ1) is 9.98. The second-order valence-electron chi connectivity index (χ2n) is 5.34. The van der Waals surface area contributed by atoms with Gasteiger partial charge in [0.05, 0.1) is 4.90 Å². The van der Waals surface area contributed by atoms with Crippen LogP contribution in [-0.2, 0) is 10.0 Å². The zero-order valence-corrected chi connectivity index (χ0v) is 12.9. The fourth-order valence-corrected chi connectivity index (χ4v) is 3.89. The zero-order chi connectivity index (χ0) is 15.0. The SMILES string of the molecule is Cc1ccc(/C=C2\CN(C)S(=O)(=O)c3ccccc32)cc1. The molecule has 0 aliphatic carbocycles. The Morgan fingerprint density at radius 2 is 1.71 bits per heavy atom. The van der Waals surface area contributed by atoms with Gasteiger partial charge in [0, 0.05) is 13.6 Å². The van der Waals surface area contributed by atoms with Crippen LogP contribution >= 0.6 is 0 Å². The first kappa shape index (κ1) is 14.0. The first-order valence-electron chi connectivity index (χ1n) is 6.81. The van der Waals surface area contributed by atoms with E-state index in [1.807, 2.05) is 31.2 Å². The molecule has 108 valence electrons. The standard InChI is InChI=1S/C17H17NO2S/c1-13-7-9-14(10-8-13)11-15-12-18(2)21(19,20)17-6-4-3-5-16(15)17/h3-11H,12H2,1-2H3/b15-11+. The number of nitrogens with zero attached hydrogens (tertiary/aromatic N) is 1. The van der Waals surface area contributed by atoms with Gasteiger partial charge in [0.15, 0.2) is 0 Å². The monoisotopic (exact) mass is 299 g/mol. The summed E-state index contributed by atoms with van der Waals surface area (Å²) in [6, 6.07) is 15.4. The molecule has 0 bridgehead atoms. The number of aryl methyl sites for hydroxylation is 1. The maximum absolute atomic E-state index is 12.3. The molecule has 0 radical (unpaired) electrons. The van der Waals surface area contributed by atoms with Gasteiger partial charge in [0.25, 0.3) is 0 Å². The van der Waals surface area contributed by atoms with Crippen LogP contribution in [0.15, 0.2) is 53.4 Å². The highest BCUT2D eigenvalue weighted by Crippen LogP contribution is 2.33. The van der Waals surface area contributed by atoms with Crippen LogP contribution in [0, 0.1) is 6.92 Å². The lowest BCUT2D eigenvalue weighted by Gasteiger charge is -2.27. The van der Waals surface area contributed by atoms with Crippen LogP contribution in [0.25, 0.3) is 11.6 Å². The average molecular weight is 299 g/mol. The normalized spacial score (nSPS) is 19.4. The molecular weight excluding hydrogens is 282 g/mol. The summed E-state index contributed by atoms with van der Waals surface area (Å²) in [5, 5.41) is 0. The molecule has 0 saturated heterocycles. The Kier molecular flexibility index (Phi) is 3.43. The number of benzene rings is 2. The molecular formula is C17H17NO2S. The summed E-state index contributed by atoms with van der Waals surface area (Å²) < 4.78 is 26.1. The fourth-order valence-electron chi connectivity index (χ4n) is 2.52. The number of sulfonamides is 1. The van der Waals surface area contributed by atoms with Crippen molar-refractivity contribution in [1.29, 1.82) is 0 Å². The van der Waals surface area contributed by atoms with Crippen LogP contribution in [0.5, 0.6) is 0 Å². The van der Waals surface area contributed by atoms with E-state index in [-0.39, 0.29) is 0 Å². The third-order valence-electron chi connectivity index (χ3n) is 3.73. The van der Waals surface area contributed by atoms with Crippen molar-refractivity contribution in [3.8, 4) is 0 Å². The lowest BCUT2D eigenvalue weighted by molar-refractivity contribution is 0.496. The second-order valence-corrected chi connectivity index (χ2v) is 7.35. The molecule has 0 aromatic heterocycles. The summed E-state index contributed by atoms with van der Waals surface area (Å²) in [6.45, 7) is 2.44. The third-order valence-corrected chi connectivity index (χ3v) is 5.59. The maximum Gasteiger partial charge on any atom is 0.243 e. The topological polar surface area (TPSA) is 37.4 Å². The van der Waals surface area contributed by atoms with Gasteiger partial charge in [-0.1, -0.05) is 48.0 Å². The fraction of sp³-hybridized carbons (Fsp3) is 0.176. The average Bonchev–Trinajstić information content (AvgIpc) is 2.47. The van der Waals surface area contributed by atoms with Crippen LogP contribution in [0.4, 0.5) is 0 Å². The van der Waals surface area contributed by atoms with E-state index in [0.717, 1.165) is 16.7 Å². The summed E-state index contributed by atoms with van der Waals surface area (Å²) in [5.74, 6) is 0. The molecule has 3 rings (SSSR count). The van der Waals surface area contributed by atoms with Gasteiger partial charge < -0.3 is 0 Å². The van der Waals surface area contributed by atoms with E-state index in [4.69, 9.17) is 0 Å². The zero-order valence-electron chi connectivity index (χ0n) is 12.1. The summed E-state index contributed by atoms with van der Waals surface area (Å²) in [7, 11) is -1.74. The Morgan fingerprint density at radius 1 is 1.05 bits per heavy atom. The maximum atomic E-state index is 12.3. The molecule has 0 spiro atoms. The summed E-state index contributed by atoms with van der Waals surface area (Å²) in [5.41, 5.74) is 4.11. The van der Waals surface area contributed by atoms with E-state index < -0.39 is 10.0 Å². The van der Waals surface area contributed by atoms with Crippen molar-refractivity contribution in [2.45, 2.75) is 11.8 Å². The van der Waals surface area contributed by atoms with Crippen molar-refractivity contribution in [3.05, 3.63) is 65.2 Å². The Hall–Kier alpha value is -1.91. The van der Waals surface area contributed by atoms with Crippen molar-refractivity contribution in [2.75, 3.05) is 13.6 Å². The van der Waals surface area contributed by atoms with Crippen LogP contribution in [0.1, 0.15) is 16.7 Å². The molecule has 2 aromatic rings. The summed E-state index contributed by atoms with van der Waals surface area (Å²) in [6.07, 6.45) is 2.06. The first-order valence-corrected chi connectivity index (χ1v) is 8.25. The van der Waals surface area contributed by atoms with Crippen molar-refractivity contribution in [2.24, 2.45) is 0 Å². The third kappa shape index (κ3) is 2.52. The molecule has 0 atom stereocenters. The molecule has 0 N–H and O–H groups in total. The number of fused-ring (bicyclic) bond motifs is 1. The Morgan fingerprint density at radius 3 is 2.43 bits per heavy atom. The number of likely N-dealkylation sites (N-methyl/N-ethyl adjacent to an activating group) is 1. The molecule has 0 amide bonds. The quantitative estimate of drug-likeness (QED) is 0.811. The van der Waals surface area contributed by atoms with Crippen LogP contribution in [0.2, 0.25) is 0 Å². The lowest BCUT2D eigenvalue weighted by atomic mass is 10.0. The van der Waals surface area contributed by atoms with Crippen LogP contribution in [-0.4, -0.2) is 26.3 Å². The summed E-state index contributed by atoms with van der Waals surface area (Å²) in [4.78, 5) is 0.386. The predicted molar refractivity (Wildman–Crippen MR) is 85.3 cm³/mol. The molecule has 2 aromatic carbocycles. The molecule has 0 fully saturated rings. The van der Waals surface area contributed by atoms with Crippen molar-refractivity contribution in [1.82, 2.24) is 4.31 Å². The predicted octanol–water partition coefficient (Wildman–Crippen LogP) is 3.17. The van der Waals surface area contributed by atoms with Crippen LogP contribution < -0.4 is 0 Å². The Bertz CT molecular complexity index is 805. The van der Waals surface area contributed by atoms with Gasteiger partial charge in [-0.15, -0.1) is 0 Å². The van der Waals surface area contributed by atoms with E-state index in [1.165, 1.54) is 9.87 Å². The second kappa shape index (κ2) is 5.13. The van der Waals surface area contributed by atoms with Gasteiger partial charge in [-0.25, -0.2) is 8.42 Å². The lowest BCUT2D eigenvalue weighted by Crippen LogP contribution is -2.33. The molecule has 3 nitrogen and oxygen atoms in total. The van der Waals surface area contributed by atoms with E-state index in [0.29, 0.717) is 11.4 Å². The minimum absolute atomic E-state index is 0.386. The highest BCUT2D eigenvalue weighted by atomic mass is 32.2. The van der Waals surface area contributed by atoms with Gasteiger partial charge in [-0.3, -0.25) is 0 Å². The molecule has 1 heterocycles. The minimum Gasteiger partial charge on any atom is -0.207 e. The Labute approximate surface area is 125 Å². The molecule has 0 unspecified atom stereocenters. The number of hydrogen-bond acceptors (Lipinski definition) is 2. The molecule has 21 heavy (non-hydrogen) atoms. The van der Waals surface area contributed by atoms with E-state index in [9.17, 15) is 8.42 Å². The van der Waals surface area contributed by atoms with E-state index >= 15 is 0 Å². The highest BCUT2D eigenvalue weighted by Gasteiger charge is 2.30. The van der Waals surface area contributed by atoms with Crippen LogP contribution in [0.3, 0.4) is 0 Å². The van der Waals surface area contributed by atoms with Crippen molar-refractivity contribution in [3.63, 3.8) is 0 Å². The number of rotatable bonds is 1. The summed E-state index contributed by atoms with van der Waals surface area (Å²) >= 11 is 0. The highest BCUT2D eigenvalue weighted by molar-refractivity contribution is 7.89. The van der Waals surface area contributed by atoms with Gasteiger partial charge in [-0.05, 0) is 35.8 Å². The van der Waals surface area contributed by atoms with Crippen molar-refractivity contribution >= 4 is 21.7 Å². The molecule has 1 aliphatic rings. The largest absolute Gasteiger partial charge is 0.243 e. The smallest absolute Gasteiger partial charge is 0.207 e. The van der Waals surface area contributed by atoms with Gasteiger partial charge >= 0.3 is 0 Å². The molecule has 4 heteroatoms. The van der Waals surface area contributed by atoms with E-state index in [1.54, 1.807) is 19.2 Å².